The topological polar surface area (TPSA) is 103 Å². The van der Waals surface area contributed by atoms with Gasteiger partial charge >= 0.3 is 0 Å². The molecule has 0 saturated carbocycles. The van der Waals surface area contributed by atoms with Crippen LogP contribution in [0.25, 0.3) is 0 Å². The van der Waals surface area contributed by atoms with Crippen molar-refractivity contribution >= 4 is 23.4 Å². The van der Waals surface area contributed by atoms with Crippen LogP contribution in [-0.4, -0.2) is 62.6 Å². The van der Waals surface area contributed by atoms with Crippen molar-refractivity contribution < 1.29 is 24.2 Å². The third kappa shape index (κ3) is 3.68. The van der Waals surface area contributed by atoms with Gasteiger partial charge in [-0.15, -0.1) is 0 Å². The summed E-state index contributed by atoms with van der Waals surface area (Å²) in [5.41, 5.74) is -0.0348. The van der Waals surface area contributed by atoms with Gasteiger partial charge in [-0.3, -0.25) is 14.4 Å². The molecule has 0 spiro atoms. The van der Waals surface area contributed by atoms with Gasteiger partial charge in [0.25, 0.3) is 17.4 Å². The highest BCUT2D eigenvalue weighted by Crippen LogP contribution is 2.30. The fourth-order valence-electron chi connectivity index (χ4n) is 4.16. The van der Waals surface area contributed by atoms with E-state index in [2.05, 4.69) is 0 Å². The molecule has 2 aliphatic rings. The summed E-state index contributed by atoms with van der Waals surface area (Å²) in [6.45, 7) is 0.511. The summed E-state index contributed by atoms with van der Waals surface area (Å²) in [5, 5.41) is 20.5. The van der Waals surface area contributed by atoms with Crippen LogP contribution in [0.5, 0.6) is 5.75 Å². The molecule has 2 aliphatic heterocycles. The molecular formula is C21H21ClFN3O5. The van der Waals surface area contributed by atoms with E-state index in [9.17, 15) is 29.0 Å². The first-order valence-electron chi connectivity index (χ1n) is 9.84. The van der Waals surface area contributed by atoms with Crippen LogP contribution in [0.4, 0.5) is 4.39 Å². The Kier molecular flexibility index (Phi) is 5.49. The van der Waals surface area contributed by atoms with Gasteiger partial charge in [-0.25, -0.2) is 4.39 Å². The largest absolute Gasteiger partial charge is 0.502 e. The minimum atomic E-state index is -0.843. The fraction of sp³-hybridized carbons (Fsp3) is 0.381. The minimum Gasteiger partial charge on any atom is -0.502 e. The number of hydrogen-bond donors (Lipinski definition) is 2. The number of fused-ring (bicyclic) bond motifs is 3. The molecular weight excluding hydrogens is 429 g/mol. The number of aromatic hydroxyl groups is 1. The Morgan fingerprint density at radius 2 is 1.94 bits per heavy atom. The number of halogens is 2. The summed E-state index contributed by atoms with van der Waals surface area (Å²) in [5.74, 6) is -2.36. The van der Waals surface area contributed by atoms with E-state index in [0.717, 1.165) is 4.57 Å². The summed E-state index contributed by atoms with van der Waals surface area (Å²) in [7, 11) is 1.51. The number of aliphatic hydroxyl groups is 1. The summed E-state index contributed by atoms with van der Waals surface area (Å²) in [6, 6.07) is 4.12. The number of amides is 2. The lowest BCUT2D eigenvalue weighted by Gasteiger charge is -2.33. The zero-order valence-corrected chi connectivity index (χ0v) is 17.5. The molecule has 164 valence electrons. The normalized spacial score (nSPS) is 19.0. The van der Waals surface area contributed by atoms with Gasteiger partial charge in [0, 0.05) is 38.8 Å². The molecule has 1 atom stereocenters. The van der Waals surface area contributed by atoms with Gasteiger partial charge < -0.3 is 24.6 Å². The molecule has 0 saturated heterocycles. The molecule has 0 aliphatic carbocycles. The van der Waals surface area contributed by atoms with Crippen molar-refractivity contribution in [3.05, 3.63) is 61.8 Å². The molecule has 3 heterocycles. The van der Waals surface area contributed by atoms with E-state index in [1.807, 2.05) is 0 Å². The van der Waals surface area contributed by atoms with Gasteiger partial charge in [0.05, 0.1) is 16.7 Å². The van der Waals surface area contributed by atoms with Crippen LogP contribution >= 0.6 is 11.6 Å². The Labute approximate surface area is 182 Å². The van der Waals surface area contributed by atoms with Crippen LogP contribution < -0.4 is 5.56 Å². The van der Waals surface area contributed by atoms with Crippen molar-refractivity contribution in [1.82, 2.24) is 14.4 Å². The monoisotopic (exact) mass is 449 g/mol. The second-order valence-electron chi connectivity index (χ2n) is 7.86. The van der Waals surface area contributed by atoms with Crippen LogP contribution in [0.1, 0.15) is 38.4 Å². The SMILES string of the molecule is CN1CC(O)CCn2c(c3c(c(O)c2=O)C(=O)N(Cc2ccc(F)c(Cl)c2)CC3)C1=O. The highest BCUT2D eigenvalue weighted by molar-refractivity contribution is 6.30. The third-order valence-corrected chi connectivity index (χ3v) is 6.04. The smallest absolute Gasteiger partial charge is 0.294 e. The van der Waals surface area contributed by atoms with Gasteiger partial charge in [-0.2, -0.15) is 0 Å². The Morgan fingerprint density at radius 1 is 1.19 bits per heavy atom. The molecule has 0 radical (unpaired) electrons. The van der Waals surface area contributed by atoms with Crippen molar-refractivity contribution in [2.45, 2.75) is 32.0 Å². The summed E-state index contributed by atoms with van der Waals surface area (Å²) in [6.07, 6.45) is -0.318. The number of carbonyl (C=O) groups excluding carboxylic acids is 2. The maximum absolute atomic E-state index is 13.4. The molecule has 2 aromatic rings. The molecule has 4 rings (SSSR count). The van der Waals surface area contributed by atoms with Crippen LogP contribution in [-0.2, 0) is 19.5 Å². The van der Waals surface area contributed by atoms with Crippen LogP contribution in [0.3, 0.4) is 0 Å². The maximum Gasteiger partial charge on any atom is 0.294 e. The average Bonchev–Trinajstić information content (AvgIpc) is 2.72. The standard InChI is InChI=1S/C21H21ClFN3O5/c1-24-10-12(27)4-7-26-17(20(24)30)13-5-6-25(19(29)16(13)18(28)21(26)31)9-11-2-3-15(23)14(22)8-11/h2-3,8,12,27-28H,4-7,9-10H2,1H3. The van der Waals surface area contributed by atoms with Crippen LogP contribution in [0.15, 0.2) is 23.0 Å². The van der Waals surface area contributed by atoms with E-state index in [1.165, 1.54) is 35.0 Å². The van der Waals surface area contributed by atoms with Crippen LogP contribution in [0.2, 0.25) is 5.02 Å². The molecule has 0 fully saturated rings. The van der Waals surface area contributed by atoms with Gasteiger partial charge in [0.1, 0.15) is 11.5 Å². The van der Waals surface area contributed by atoms with Gasteiger partial charge in [0.2, 0.25) is 0 Å². The number of likely N-dealkylation sites (N-methyl/N-ethyl adjacent to an activating group) is 1. The van der Waals surface area contributed by atoms with Crippen LogP contribution in [0, 0.1) is 5.82 Å². The number of rotatable bonds is 2. The molecule has 1 aromatic heterocycles. The molecule has 0 bridgehead atoms. The Bertz CT molecular complexity index is 1150. The average molecular weight is 450 g/mol. The van der Waals surface area contributed by atoms with Crippen molar-refractivity contribution in [1.29, 1.82) is 0 Å². The van der Waals surface area contributed by atoms with E-state index >= 15 is 0 Å². The zero-order valence-electron chi connectivity index (χ0n) is 16.8. The molecule has 2 N–H and O–H groups in total. The first-order chi connectivity index (χ1) is 14.7. The molecule has 1 unspecified atom stereocenters. The first-order valence-corrected chi connectivity index (χ1v) is 10.2. The van der Waals surface area contributed by atoms with Crippen molar-refractivity contribution in [2.24, 2.45) is 0 Å². The maximum atomic E-state index is 13.4. The van der Waals surface area contributed by atoms with E-state index in [1.54, 1.807) is 0 Å². The van der Waals surface area contributed by atoms with E-state index in [0.29, 0.717) is 11.1 Å². The second kappa shape index (κ2) is 7.97. The minimum absolute atomic E-state index is 0.0573. The Hall–Kier alpha value is -2.91. The number of benzene rings is 1. The predicted octanol–water partition coefficient (Wildman–Crippen LogP) is 1.38. The second-order valence-corrected chi connectivity index (χ2v) is 8.27. The van der Waals surface area contributed by atoms with Gasteiger partial charge in [-0.05, 0) is 30.5 Å². The lowest BCUT2D eigenvalue weighted by atomic mass is 9.94. The van der Waals surface area contributed by atoms with Gasteiger partial charge in [0.15, 0.2) is 5.75 Å². The highest BCUT2D eigenvalue weighted by Gasteiger charge is 2.36. The highest BCUT2D eigenvalue weighted by atomic mass is 35.5. The van der Waals surface area contributed by atoms with E-state index in [4.69, 9.17) is 11.6 Å². The van der Waals surface area contributed by atoms with Crippen molar-refractivity contribution in [3.8, 4) is 5.75 Å². The summed E-state index contributed by atoms with van der Waals surface area (Å²) >= 11 is 5.82. The van der Waals surface area contributed by atoms with E-state index < -0.39 is 35.0 Å². The lowest BCUT2D eigenvalue weighted by molar-refractivity contribution is 0.0607. The molecule has 2 amide bonds. The number of β-amino-alcohol motifs (C(OH)–C–C–N with tert-alkyl or cyclic N) is 1. The third-order valence-electron chi connectivity index (χ3n) is 5.75. The first kappa shape index (κ1) is 21.3. The summed E-state index contributed by atoms with van der Waals surface area (Å²) in [4.78, 5) is 41.8. The number of nitrogens with zero attached hydrogens (tertiary/aromatic N) is 3. The number of pyridine rings is 1. The summed E-state index contributed by atoms with van der Waals surface area (Å²) < 4.78 is 14.6. The van der Waals surface area contributed by atoms with Gasteiger partial charge in [-0.1, -0.05) is 17.7 Å². The molecule has 8 nitrogen and oxygen atoms in total. The predicted molar refractivity (Wildman–Crippen MR) is 110 cm³/mol. The molecule has 31 heavy (non-hydrogen) atoms. The van der Waals surface area contributed by atoms with Crippen molar-refractivity contribution in [3.63, 3.8) is 0 Å². The molecule has 1 aromatic carbocycles. The Morgan fingerprint density at radius 3 is 2.65 bits per heavy atom. The number of hydrogen-bond acceptors (Lipinski definition) is 5. The van der Waals surface area contributed by atoms with E-state index in [-0.39, 0.29) is 55.3 Å². The lowest BCUT2D eigenvalue weighted by Crippen LogP contribution is -2.45. The molecule has 10 heteroatoms. The Balaban J connectivity index is 1.77. The number of carbonyl (C=O) groups is 2. The zero-order chi connectivity index (χ0) is 22.4. The quantitative estimate of drug-likeness (QED) is 0.721. The fourth-order valence-corrected chi connectivity index (χ4v) is 4.36. The number of aromatic nitrogens is 1. The van der Waals surface area contributed by atoms with Crippen molar-refractivity contribution in [2.75, 3.05) is 20.1 Å². The number of aliphatic hydroxyl groups excluding tert-OH is 1.